The van der Waals surface area contributed by atoms with Crippen LogP contribution in [-0.4, -0.2) is 28.9 Å². The fraction of sp³-hybridized carbons (Fsp3) is 0.600. The molecule has 0 aliphatic carbocycles. The maximum absolute atomic E-state index is 10.1. The van der Waals surface area contributed by atoms with E-state index in [1.54, 1.807) is 0 Å². The van der Waals surface area contributed by atoms with Crippen molar-refractivity contribution in [1.82, 2.24) is 4.98 Å². The maximum atomic E-state index is 10.1. The molecule has 2 rings (SSSR count). The van der Waals surface area contributed by atoms with Crippen molar-refractivity contribution >= 4 is 0 Å². The average molecular weight is 181 g/mol. The second-order valence-corrected chi connectivity index (χ2v) is 4.23. The van der Waals surface area contributed by atoms with E-state index >= 15 is 0 Å². The first-order chi connectivity index (χ1) is 6.06. The Bertz CT molecular complexity index is 280. The van der Waals surface area contributed by atoms with Crippen molar-refractivity contribution in [3.05, 3.63) is 24.0 Å². The summed E-state index contributed by atoms with van der Waals surface area (Å²) in [7, 11) is 0. The summed E-state index contributed by atoms with van der Waals surface area (Å²) in [5.74, 6) is 0. The molecule has 13 heavy (non-hydrogen) atoms. The summed E-state index contributed by atoms with van der Waals surface area (Å²) >= 11 is 0. The van der Waals surface area contributed by atoms with Crippen LogP contribution in [0.4, 0.5) is 0 Å². The van der Waals surface area contributed by atoms with Gasteiger partial charge in [-0.05, 0) is 25.5 Å². The first-order valence-electron chi connectivity index (χ1n) is 4.50. The third-order valence-corrected chi connectivity index (χ3v) is 3.02. The zero-order valence-corrected chi connectivity index (χ0v) is 8.00. The Morgan fingerprint density at radius 2 is 2.23 bits per heavy atom. The summed E-state index contributed by atoms with van der Waals surface area (Å²) in [6.45, 7) is 4.88. The quantitative estimate of drug-likeness (QED) is 0.716. The number of nitrogens with one attached hydrogen (secondary N) is 1. The summed E-state index contributed by atoms with van der Waals surface area (Å²) < 4.78 is 5.21. The maximum Gasteiger partial charge on any atom is 0.0733 e. The molecule has 0 aromatic carbocycles. The molecule has 1 aliphatic heterocycles. The van der Waals surface area contributed by atoms with Gasteiger partial charge in [0.25, 0.3) is 0 Å². The van der Waals surface area contributed by atoms with Crippen molar-refractivity contribution in [3.8, 4) is 0 Å². The normalized spacial score (nSPS) is 21.2. The van der Waals surface area contributed by atoms with Gasteiger partial charge in [-0.15, -0.1) is 0 Å². The third kappa shape index (κ3) is 1.11. The fourth-order valence-corrected chi connectivity index (χ4v) is 1.80. The highest BCUT2D eigenvalue weighted by atomic mass is 16.5. The van der Waals surface area contributed by atoms with Crippen LogP contribution in [0.25, 0.3) is 0 Å². The summed E-state index contributed by atoms with van der Waals surface area (Å²) in [6, 6.07) is 2.00. The van der Waals surface area contributed by atoms with Crippen molar-refractivity contribution in [1.29, 1.82) is 0 Å². The molecule has 1 fully saturated rings. The minimum Gasteiger partial charge on any atom is -0.389 e. The molecule has 0 atom stereocenters. The number of H-pyrrole nitrogens is 1. The van der Waals surface area contributed by atoms with Gasteiger partial charge in [-0.1, -0.05) is 0 Å². The van der Waals surface area contributed by atoms with Gasteiger partial charge >= 0.3 is 0 Å². The van der Waals surface area contributed by atoms with Crippen LogP contribution in [0.5, 0.6) is 0 Å². The number of hydrogen-bond donors (Lipinski definition) is 2. The molecule has 1 aromatic rings. The Morgan fingerprint density at radius 3 is 2.54 bits per heavy atom. The monoisotopic (exact) mass is 181 g/mol. The highest BCUT2D eigenvalue weighted by Gasteiger charge is 2.51. The van der Waals surface area contributed by atoms with Gasteiger partial charge in [0.2, 0.25) is 0 Å². The van der Waals surface area contributed by atoms with Gasteiger partial charge in [0.15, 0.2) is 0 Å². The molecule has 1 aromatic heterocycles. The van der Waals surface area contributed by atoms with Crippen LogP contribution in [-0.2, 0) is 10.2 Å². The van der Waals surface area contributed by atoms with Gasteiger partial charge in [-0.2, -0.15) is 0 Å². The molecule has 0 radical (unpaired) electrons. The predicted molar refractivity (Wildman–Crippen MR) is 49.6 cm³/mol. The summed E-state index contributed by atoms with van der Waals surface area (Å²) in [4.78, 5) is 3.01. The number of rotatable bonds is 2. The summed E-state index contributed by atoms with van der Waals surface area (Å²) in [6.07, 6.45) is 3.81. The van der Waals surface area contributed by atoms with Crippen LogP contribution in [0.3, 0.4) is 0 Å². The smallest absolute Gasteiger partial charge is 0.0733 e. The number of aromatic amines is 1. The second-order valence-electron chi connectivity index (χ2n) is 4.23. The Morgan fingerprint density at radius 1 is 1.54 bits per heavy atom. The number of aliphatic hydroxyl groups is 1. The lowest BCUT2D eigenvalue weighted by Gasteiger charge is -2.49. The van der Waals surface area contributed by atoms with Gasteiger partial charge in [-0.25, -0.2) is 0 Å². The van der Waals surface area contributed by atoms with E-state index in [4.69, 9.17) is 4.74 Å². The molecular formula is C10H15NO2. The zero-order valence-electron chi connectivity index (χ0n) is 8.00. The van der Waals surface area contributed by atoms with Gasteiger partial charge in [-0.3, -0.25) is 0 Å². The molecule has 0 unspecified atom stereocenters. The van der Waals surface area contributed by atoms with Crippen LogP contribution in [0.2, 0.25) is 0 Å². The minimum atomic E-state index is -0.729. The van der Waals surface area contributed by atoms with Crippen molar-refractivity contribution in [2.45, 2.75) is 24.9 Å². The van der Waals surface area contributed by atoms with E-state index in [-0.39, 0.29) is 5.41 Å². The third-order valence-electron chi connectivity index (χ3n) is 3.02. The molecule has 2 heterocycles. The molecular weight excluding hydrogens is 166 g/mol. The number of hydrogen-bond acceptors (Lipinski definition) is 2. The van der Waals surface area contributed by atoms with Crippen molar-refractivity contribution < 1.29 is 9.84 Å². The van der Waals surface area contributed by atoms with Crippen molar-refractivity contribution in [3.63, 3.8) is 0 Å². The average Bonchev–Trinajstić information content (AvgIpc) is 2.32. The summed E-state index contributed by atoms with van der Waals surface area (Å²) in [5.41, 5.74) is 0.187. The van der Waals surface area contributed by atoms with E-state index in [1.165, 1.54) is 0 Å². The number of ether oxygens (including phenoxy) is 1. The first-order valence-corrected chi connectivity index (χ1v) is 4.50. The minimum absolute atomic E-state index is 0.215. The predicted octanol–water partition coefficient (Wildman–Crippen LogP) is 1.05. The highest BCUT2D eigenvalue weighted by molar-refractivity contribution is 5.29. The highest BCUT2D eigenvalue weighted by Crippen LogP contribution is 2.41. The van der Waals surface area contributed by atoms with Crippen LogP contribution >= 0.6 is 0 Å². The topological polar surface area (TPSA) is 45.2 Å². The van der Waals surface area contributed by atoms with E-state index in [1.807, 2.05) is 32.3 Å². The lowest BCUT2D eigenvalue weighted by molar-refractivity contribution is -0.157. The van der Waals surface area contributed by atoms with Crippen LogP contribution < -0.4 is 0 Å². The molecule has 3 nitrogen and oxygen atoms in total. The SMILES string of the molecule is CC(C)(O)C1(c2cc[nH]c2)COC1. The Kier molecular flexibility index (Phi) is 1.75. The molecule has 1 saturated heterocycles. The van der Waals surface area contributed by atoms with Gasteiger partial charge in [0.1, 0.15) is 0 Å². The van der Waals surface area contributed by atoms with Crippen LogP contribution in [0.1, 0.15) is 19.4 Å². The van der Waals surface area contributed by atoms with E-state index in [9.17, 15) is 5.11 Å². The lowest BCUT2D eigenvalue weighted by atomic mass is 9.68. The van der Waals surface area contributed by atoms with Crippen LogP contribution in [0, 0.1) is 0 Å². The standard InChI is InChI=1S/C10H15NO2/c1-9(2,12)10(6-13-7-10)8-3-4-11-5-8/h3-5,11-12H,6-7H2,1-2H3. The zero-order chi connectivity index (χ0) is 9.53. The Balaban J connectivity index is 2.37. The van der Waals surface area contributed by atoms with Crippen LogP contribution in [0.15, 0.2) is 18.5 Å². The molecule has 3 heteroatoms. The molecule has 0 saturated carbocycles. The second kappa shape index (κ2) is 2.59. The van der Waals surface area contributed by atoms with Crippen molar-refractivity contribution in [2.24, 2.45) is 0 Å². The lowest BCUT2D eigenvalue weighted by Crippen LogP contribution is -2.60. The van der Waals surface area contributed by atoms with Gasteiger partial charge in [0.05, 0.1) is 24.2 Å². The fourth-order valence-electron chi connectivity index (χ4n) is 1.80. The Labute approximate surface area is 77.7 Å². The summed E-state index contributed by atoms with van der Waals surface area (Å²) in [5, 5.41) is 10.1. The molecule has 0 spiro atoms. The molecule has 2 N–H and O–H groups in total. The molecule has 0 bridgehead atoms. The van der Waals surface area contributed by atoms with Gasteiger partial charge < -0.3 is 14.8 Å². The first kappa shape index (κ1) is 8.78. The van der Waals surface area contributed by atoms with E-state index < -0.39 is 5.60 Å². The molecule has 72 valence electrons. The molecule has 1 aliphatic rings. The van der Waals surface area contributed by atoms with E-state index in [2.05, 4.69) is 4.98 Å². The largest absolute Gasteiger partial charge is 0.389 e. The van der Waals surface area contributed by atoms with Gasteiger partial charge in [0, 0.05) is 12.4 Å². The van der Waals surface area contributed by atoms with Crippen molar-refractivity contribution in [2.75, 3.05) is 13.2 Å². The van der Waals surface area contributed by atoms with E-state index in [0.29, 0.717) is 13.2 Å². The van der Waals surface area contributed by atoms with E-state index in [0.717, 1.165) is 5.56 Å². The Hall–Kier alpha value is -0.800. The number of aromatic nitrogens is 1. The molecule has 0 amide bonds.